The molecule has 24 heavy (non-hydrogen) atoms. The molecule has 7 heteroatoms. The summed E-state index contributed by atoms with van der Waals surface area (Å²) in [7, 11) is -1.79. The van der Waals surface area contributed by atoms with Crippen LogP contribution in [0, 0.1) is 0 Å². The highest BCUT2D eigenvalue weighted by Crippen LogP contribution is 2.36. The maximum Gasteiger partial charge on any atom is 0.256 e. The number of pyridine rings is 1. The van der Waals surface area contributed by atoms with Crippen LogP contribution in [0.25, 0.3) is 11.0 Å². The summed E-state index contributed by atoms with van der Waals surface area (Å²) < 4.78 is 33.4. The van der Waals surface area contributed by atoms with Gasteiger partial charge in [0.2, 0.25) is 0 Å². The first-order chi connectivity index (χ1) is 11.1. The first-order valence-corrected chi connectivity index (χ1v) is 11.1. The molecule has 134 valence electrons. The van der Waals surface area contributed by atoms with Gasteiger partial charge in [-0.1, -0.05) is 20.8 Å². The van der Waals surface area contributed by atoms with Crippen LogP contribution < -0.4 is 5.32 Å². The van der Waals surface area contributed by atoms with Gasteiger partial charge in [-0.2, -0.15) is 0 Å². The van der Waals surface area contributed by atoms with Crippen LogP contribution in [-0.4, -0.2) is 37.4 Å². The topological polar surface area (TPSA) is 39.1 Å². The smallest absolute Gasteiger partial charge is 0.256 e. The Kier molecular flexibility index (Phi) is 5.65. The molecule has 0 saturated carbocycles. The molecule has 2 aromatic rings. The number of hydrogen-bond donors (Lipinski definition) is 1. The molecule has 2 rings (SSSR count). The van der Waals surface area contributed by atoms with Crippen molar-refractivity contribution < 1.29 is 13.2 Å². The van der Waals surface area contributed by atoms with E-state index in [1.54, 1.807) is 12.3 Å². The van der Waals surface area contributed by atoms with E-state index in [0.29, 0.717) is 24.6 Å². The van der Waals surface area contributed by atoms with Crippen molar-refractivity contribution in [3.8, 4) is 0 Å². The van der Waals surface area contributed by atoms with Crippen LogP contribution in [0.4, 0.5) is 14.6 Å². The molecule has 1 N–H and O–H groups in total. The van der Waals surface area contributed by atoms with E-state index >= 15 is 0 Å². The highest BCUT2D eigenvalue weighted by atomic mass is 28.4. The maximum atomic E-state index is 12.9. The lowest BCUT2D eigenvalue weighted by Crippen LogP contribution is -2.41. The molecule has 0 amide bonds. The zero-order valence-electron chi connectivity index (χ0n) is 15.1. The highest BCUT2D eigenvalue weighted by molar-refractivity contribution is 6.74. The number of nitrogens with one attached hydrogen (secondary N) is 1. The molecule has 0 unspecified atom stereocenters. The van der Waals surface area contributed by atoms with Crippen molar-refractivity contribution in [2.45, 2.75) is 51.9 Å². The largest absolute Gasteiger partial charge is 0.415 e. The fourth-order valence-electron chi connectivity index (χ4n) is 2.26. The molecular formula is C17H27F2N3OSi. The standard InChI is InChI=1S/C17H27F2N3OSi/c1-17(2,3)24(4,5)23-10-9-20-15-11-13-7-6-8-21-16(13)22(15)12-14(18)19/h6-8,11,14,20H,9-10,12H2,1-5H3. The number of hydrogen-bond acceptors (Lipinski definition) is 3. The molecule has 4 nitrogen and oxygen atoms in total. The lowest BCUT2D eigenvalue weighted by Gasteiger charge is -2.36. The molecule has 0 aliphatic rings. The summed E-state index contributed by atoms with van der Waals surface area (Å²) in [5.74, 6) is 0.655. The second kappa shape index (κ2) is 7.19. The van der Waals surface area contributed by atoms with Gasteiger partial charge < -0.3 is 14.3 Å². The van der Waals surface area contributed by atoms with E-state index < -0.39 is 14.7 Å². The van der Waals surface area contributed by atoms with E-state index in [2.05, 4.69) is 44.2 Å². The lowest BCUT2D eigenvalue weighted by atomic mass is 10.2. The molecule has 0 fully saturated rings. The first-order valence-electron chi connectivity index (χ1n) is 8.22. The Hall–Kier alpha value is -1.47. The zero-order valence-corrected chi connectivity index (χ0v) is 16.1. The van der Waals surface area contributed by atoms with Crippen molar-refractivity contribution in [1.82, 2.24) is 9.55 Å². The Labute approximate surface area is 143 Å². The summed E-state index contributed by atoms with van der Waals surface area (Å²) in [5.41, 5.74) is 0.575. The number of aromatic nitrogens is 2. The molecule has 0 aliphatic carbocycles. The number of nitrogens with zero attached hydrogens (tertiary/aromatic N) is 2. The molecule has 0 spiro atoms. The number of halogens is 2. The van der Waals surface area contributed by atoms with Gasteiger partial charge in [0.25, 0.3) is 6.43 Å². The summed E-state index contributed by atoms with van der Waals surface area (Å²) in [4.78, 5) is 4.22. The molecule has 0 atom stereocenters. The number of alkyl halides is 2. The summed E-state index contributed by atoms with van der Waals surface area (Å²) in [6, 6.07) is 5.54. The Balaban J connectivity index is 2.05. The predicted octanol–water partition coefficient (Wildman–Crippen LogP) is 4.74. The van der Waals surface area contributed by atoms with E-state index in [1.807, 2.05) is 12.1 Å². The van der Waals surface area contributed by atoms with Gasteiger partial charge in [0.15, 0.2) is 8.32 Å². The van der Waals surface area contributed by atoms with Crippen molar-refractivity contribution >= 4 is 25.2 Å². The van der Waals surface area contributed by atoms with Gasteiger partial charge in [-0.05, 0) is 36.3 Å². The van der Waals surface area contributed by atoms with Crippen LogP contribution in [-0.2, 0) is 11.0 Å². The number of fused-ring (bicyclic) bond motifs is 1. The summed E-state index contributed by atoms with van der Waals surface area (Å²) >= 11 is 0. The van der Waals surface area contributed by atoms with Crippen LogP contribution >= 0.6 is 0 Å². The van der Waals surface area contributed by atoms with Gasteiger partial charge in [-0.25, -0.2) is 13.8 Å². The monoisotopic (exact) mass is 355 g/mol. The second-order valence-electron chi connectivity index (χ2n) is 7.48. The fourth-order valence-corrected chi connectivity index (χ4v) is 3.30. The van der Waals surface area contributed by atoms with Crippen molar-refractivity contribution in [1.29, 1.82) is 0 Å². The van der Waals surface area contributed by atoms with E-state index in [4.69, 9.17) is 4.43 Å². The van der Waals surface area contributed by atoms with Gasteiger partial charge in [0.05, 0.1) is 13.2 Å². The van der Waals surface area contributed by atoms with Gasteiger partial charge >= 0.3 is 0 Å². The first kappa shape index (κ1) is 18.9. The molecule has 0 aliphatic heterocycles. The van der Waals surface area contributed by atoms with Gasteiger partial charge in [-0.15, -0.1) is 0 Å². The lowest BCUT2D eigenvalue weighted by molar-refractivity contribution is 0.128. The van der Waals surface area contributed by atoms with E-state index in [-0.39, 0.29) is 11.6 Å². The molecule has 2 aromatic heterocycles. The molecule has 0 bridgehead atoms. The van der Waals surface area contributed by atoms with Crippen molar-refractivity contribution in [2.24, 2.45) is 0 Å². The highest BCUT2D eigenvalue weighted by Gasteiger charge is 2.36. The molecule has 2 heterocycles. The Morgan fingerprint density at radius 2 is 2.04 bits per heavy atom. The fraction of sp³-hybridized carbons (Fsp3) is 0.588. The average molecular weight is 356 g/mol. The van der Waals surface area contributed by atoms with Crippen LogP contribution in [0.3, 0.4) is 0 Å². The van der Waals surface area contributed by atoms with E-state index in [1.165, 1.54) is 4.57 Å². The summed E-state index contributed by atoms with van der Waals surface area (Å²) in [5, 5.41) is 4.23. The van der Waals surface area contributed by atoms with Gasteiger partial charge in [0.1, 0.15) is 11.5 Å². The number of rotatable bonds is 7. The van der Waals surface area contributed by atoms with Crippen LogP contribution in [0.15, 0.2) is 24.4 Å². The third-order valence-corrected chi connectivity index (χ3v) is 9.19. The molecule has 0 radical (unpaired) electrons. The summed E-state index contributed by atoms with van der Waals surface area (Å²) in [6.07, 6.45) is -0.805. The molecule has 0 saturated heterocycles. The Morgan fingerprint density at radius 1 is 1.33 bits per heavy atom. The van der Waals surface area contributed by atoms with E-state index in [9.17, 15) is 8.78 Å². The summed E-state index contributed by atoms with van der Waals surface area (Å²) in [6.45, 7) is 11.7. The van der Waals surface area contributed by atoms with Crippen molar-refractivity contribution in [2.75, 3.05) is 18.5 Å². The second-order valence-corrected chi connectivity index (χ2v) is 12.3. The zero-order chi connectivity index (χ0) is 18.0. The van der Waals surface area contributed by atoms with Crippen LogP contribution in [0.5, 0.6) is 0 Å². The van der Waals surface area contributed by atoms with Crippen LogP contribution in [0.2, 0.25) is 18.1 Å². The third-order valence-electron chi connectivity index (χ3n) is 4.65. The van der Waals surface area contributed by atoms with E-state index in [0.717, 1.165) is 5.39 Å². The third kappa shape index (κ3) is 4.33. The Bertz CT molecular complexity index is 680. The molecule has 0 aromatic carbocycles. The Morgan fingerprint density at radius 3 is 2.67 bits per heavy atom. The molecular weight excluding hydrogens is 328 g/mol. The predicted molar refractivity (Wildman–Crippen MR) is 97.4 cm³/mol. The quantitative estimate of drug-likeness (QED) is 0.576. The number of anilines is 1. The average Bonchev–Trinajstić information content (AvgIpc) is 2.80. The minimum Gasteiger partial charge on any atom is -0.415 e. The van der Waals surface area contributed by atoms with Gasteiger partial charge in [-0.3, -0.25) is 0 Å². The SMILES string of the molecule is CC(C)(C)[Si](C)(C)OCCNc1cc2cccnc2n1CC(F)F. The maximum absolute atomic E-state index is 12.9. The normalized spacial score (nSPS) is 13.0. The van der Waals surface area contributed by atoms with Crippen LogP contribution in [0.1, 0.15) is 20.8 Å². The minimum absolute atomic E-state index is 0.154. The van der Waals surface area contributed by atoms with Gasteiger partial charge in [0, 0.05) is 18.1 Å². The minimum atomic E-state index is -2.42. The van der Waals surface area contributed by atoms with Crippen molar-refractivity contribution in [3.05, 3.63) is 24.4 Å². The van der Waals surface area contributed by atoms with Crippen molar-refractivity contribution in [3.63, 3.8) is 0 Å².